The first-order chi connectivity index (χ1) is 8.78. The van der Waals surface area contributed by atoms with E-state index < -0.39 is 18.7 Å². The summed E-state index contributed by atoms with van der Waals surface area (Å²) in [7, 11) is 0. The fourth-order valence-electron chi connectivity index (χ4n) is 1.91. The first-order valence-electron chi connectivity index (χ1n) is 5.64. The normalized spacial score (nSPS) is 15.4. The van der Waals surface area contributed by atoms with E-state index in [1.807, 2.05) is 0 Å². The highest BCUT2D eigenvalue weighted by Gasteiger charge is 2.39. The molecule has 0 unspecified atom stereocenters. The summed E-state index contributed by atoms with van der Waals surface area (Å²) < 4.78 is 37.8. The quantitative estimate of drug-likeness (QED) is 0.922. The molecule has 7 heteroatoms. The zero-order valence-electron chi connectivity index (χ0n) is 9.75. The monoisotopic (exact) mass is 293 g/mol. The molecule has 3 nitrogen and oxygen atoms in total. The number of hydrogen-bond donors (Lipinski definition) is 1. The van der Waals surface area contributed by atoms with Crippen LogP contribution in [0, 0.1) is 0 Å². The van der Waals surface area contributed by atoms with Crippen LogP contribution in [0.1, 0.15) is 23.2 Å². The van der Waals surface area contributed by atoms with Crippen LogP contribution in [0.3, 0.4) is 0 Å². The standard InChI is InChI=1S/C12H11ClF3NO2/c13-7-1-4-9(11(18)19)10(5-7)17(8-2-3-8)6-12(14,15)16/h1,4-5,8H,2-3,6H2,(H,18,19). The number of halogens is 4. The molecule has 2 rings (SSSR count). The zero-order valence-corrected chi connectivity index (χ0v) is 10.5. The smallest absolute Gasteiger partial charge is 0.405 e. The third-order valence-corrected chi connectivity index (χ3v) is 3.07. The predicted molar refractivity (Wildman–Crippen MR) is 64.8 cm³/mol. The summed E-state index contributed by atoms with van der Waals surface area (Å²) in [4.78, 5) is 12.2. The molecule has 0 spiro atoms. The summed E-state index contributed by atoms with van der Waals surface area (Å²) in [5.74, 6) is -1.26. The van der Waals surface area contributed by atoms with Gasteiger partial charge in [-0.2, -0.15) is 13.2 Å². The molecule has 1 fully saturated rings. The fraction of sp³-hybridized carbons (Fsp3) is 0.417. The first kappa shape index (κ1) is 14.0. The van der Waals surface area contributed by atoms with Crippen molar-refractivity contribution in [3.8, 4) is 0 Å². The summed E-state index contributed by atoms with van der Waals surface area (Å²) in [6.45, 7) is -1.17. The molecule has 19 heavy (non-hydrogen) atoms. The number of carboxylic acids is 1. The van der Waals surface area contributed by atoms with E-state index >= 15 is 0 Å². The summed E-state index contributed by atoms with van der Waals surface area (Å²) in [6, 6.07) is 3.59. The van der Waals surface area contributed by atoms with E-state index in [0.29, 0.717) is 12.8 Å². The maximum absolute atomic E-state index is 12.6. The van der Waals surface area contributed by atoms with Gasteiger partial charge < -0.3 is 10.0 Å². The Morgan fingerprint density at radius 2 is 2.05 bits per heavy atom. The van der Waals surface area contributed by atoms with Gasteiger partial charge >= 0.3 is 12.1 Å². The predicted octanol–water partition coefficient (Wildman–Crippen LogP) is 3.57. The lowest BCUT2D eigenvalue weighted by atomic mass is 10.1. The van der Waals surface area contributed by atoms with Gasteiger partial charge in [-0.3, -0.25) is 0 Å². The number of hydrogen-bond acceptors (Lipinski definition) is 2. The number of aromatic carboxylic acids is 1. The molecule has 0 amide bonds. The maximum atomic E-state index is 12.6. The Morgan fingerprint density at radius 3 is 2.53 bits per heavy atom. The van der Waals surface area contributed by atoms with E-state index in [1.54, 1.807) is 0 Å². The van der Waals surface area contributed by atoms with E-state index in [2.05, 4.69) is 0 Å². The summed E-state index contributed by atoms with van der Waals surface area (Å²) >= 11 is 5.76. The van der Waals surface area contributed by atoms with Crippen molar-refractivity contribution in [2.45, 2.75) is 25.1 Å². The number of benzene rings is 1. The lowest BCUT2D eigenvalue weighted by Crippen LogP contribution is -2.36. The minimum absolute atomic E-state index is 0.0276. The summed E-state index contributed by atoms with van der Waals surface area (Å²) in [5, 5.41) is 9.27. The van der Waals surface area contributed by atoms with Gasteiger partial charge in [0.05, 0.1) is 11.3 Å². The molecule has 0 bridgehead atoms. The number of rotatable bonds is 4. The Hall–Kier alpha value is -1.43. The van der Waals surface area contributed by atoms with E-state index in [9.17, 15) is 18.0 Å². The topological polar surface area (TPSA) is 40.5 Å². The Balaban J connectivity index is 2.40. The highest BCUT2D eigenvalue weighted by Crippen LogP contribution is 2.37. The molecular formula is C12H11ClF3NO2. The van der Waals surface area contributed by atoms with Gasteiger partial charge in [-0.15, -0.1) is 0 Å². The highest BCUT2D eigenvalue weighted by atomic mass is 35.5. The van der Waals surface area contributed by atoms with Gasteiger partial charge in [0.2, 0.25) is 0 Å². The van der Waals surface area contributed by atoms with E-state index in [4.69, 9.17) is 16.7 Å². The Labute approximate surface area is 112 Å². The van der Waals surface area contributed by atoms with Crippen molar-refractivity contribution in [2.75, 3.05) is 11.4 Å². The molecule has 1 saturated carbocycles. The van der Waals surface area contributed by atoms with Gasteiger partial charge in [-0.05, 0) is 31.0 Å². The summed E-state index contributed by atoms with van der Waals surface area (Å²) in [6.07, 6.45) is -3.13. The molecular weight excluding hydrogens is 283 g/mol. The van der Waals surface area contributed by atoms with Gasteiger partial charge in [0.1, 0.15) is 6.54 Å². The second-order valence-corrected chi connectivity index (χ2v) is 4.88. The largest absolute Gasteiger partial charge is 0.478 e. The third kappa shape index (κ3) is 3.53. The van der Waals surface area contributed by atoms with Crippen LogP contribution in [0.15, 0.2) is 18.2 Å². The Bertz CT molecular complexity index is 500. The molecule has 0 aliphatic heterocycles. The van der Waals surface area contributed by atoms with Gasteiger partial charge in [-0.25, -0.2) is 4.79 Å². The van der Waals surface area contributed by atoms with Crippen molar-refractivity contribution < 1.29 is 23.1 Å². The number of carboxylic acid groups (broad SMARTS) is 1. The second-order valence-electron chi connectivity index (χ2n) is 4.44. The van der Waals surface area contributed by atoms with Crippen LogP contribution in [-0.4, -0.2) is 29.8 Å². The van der Waals surface area contributed by atoms with Crippen molar-refractivity contribution >= 4 is 23.3 Å². The molecule has 1 aliphatic carbocycles. The molecule has 0 atom stereocenters. The van der Waals surface area contributed by atoms with Crippen molar-refractivity contribution in [2.24, 2.45) is 0 Å². The van der Waals surface area contributed by atoms with Crippen molar-refractivity contribution in [3.63, 3.8) is 0 Å². The van der Waals surface area contributed by atoms with Crippen LogP contribution in [-0.2, 0) is 0 Å². The lowest BCUT2D eigenvalue weighted by molar-refractivity contribution is -0.120. The molecule has 1 N–H and O–H groups in total. The number of anilines is 1. The second kappa shape index (κ2) is 4.92. The Kier molecular flexibility index (Phi) is 3.62. The third-order valence-electron chi connectivity index (χ3n) is 2.84. The van der Waals surface area contributed by atoms with Crippen LogP contribution < -0.4 is 4.90 Å². The van der Waals surface area contributed by atoms with Gasteiger partial charge in [0.25, 0.3) is 0 Å². The molecule has 1 aromatic rings. The van der Waals surface area contributed by atoms with Crippen LogP contribution in [0.4, 0.5) is 18.9 Å². The van der Waals surface area contributed by atoms with Crippen LogP contribution in [0.5, 0.6) is 0 Å². The molecule has 0 radical (unpaired) electrons. The van der Waals surface area contributed by atoms with E-state index in [1.165, 1.54) is 18.2 Å². The Morgan fingerprint density at radius 1 is 1.42 bits per heavy atom. The fourth-order valence-corrected chi connectivity index (χ4v) is 2.08. The first-order valence-corrected chi connectivity index (χ1v) is 6.02. The molecule has 0 heterocycles. The number of carbonyl (C=O) groups is 1. The van der Waals surface area contributed by atoms with Gasteiger partial charge in [-0.1, -0.05) is 11.6 Å². The molecule has 0 saturated heterocycles. The van der Waals surface area contributed by atoms with Crippen molar-refractivity contribution in [3.05, 3.63) is 28.8 Å². The average Bonchev–Trinajstić information content (AvgIpc) is 3.07. The minimum Gasteiger partial charge on any atom is -0.478 e. The SMILES string of the molecule is O=C(O)c1ccc(Cl)cc1N(CC(F)(F)F)C1CC1. The minimum atomic E-state index is -4.39. The number of nitrogens with zero attached hydrogens (tertiary/aromatic N) is 1. The molecule has 104 valence electrons. The average molecular weight is 294 g/mol. The van der Waals surface area contributed by atoms with Crippen LogP contribution in [0.25, 0.3) is 0 Å². The molecule has 0 aromatic heterocycles. The highest BCUT2D eigenvalue weighted by molar-refractivity contribution is 6.31. The van der Waals surface area contributed by atoms with Gasteiger partial charge in [0.15, 0.2) is 0 Å². The van der Waals surface area contributed by atoms with Crippen molar-refractivity contribution in [1.82, 2.24) is 0 Å². The zero-order chi connectivity index (χ0) is 14.2. The lowest BCUT2D eigenvalue weighted by Gasteiger charge is -2.27. The van der Waals surface area contributed by atoms with Crippen LogP contribution >= 0.6 is 11.6 Å². The van der Waals surface area contributed by atoms with Crippen molar-refractivity contribution in [1.29, 1.82) is 0 Å². The summed E-state index contributed by atoms with van der Waals surface area (Å²) in [5.41, 5.74) is -0.139. The number of alkyl halides is 3. The van der Waals surface area contributed by atoms with E-state index in [0.717, 1.165) is 4.90 Å². The van der Waals surface area contributed by atoms with E-state index in [-0.39, 0.29) is 22.3 Å². The molecule has 1 aliphatic rings. The van der Waals surface area contributed by atoms with Crippen LogP contribution in [0.2, 0.25) is 5.02 Å². The molecule has 1 aromatic carbocycles. The van der Waals surface area contributed by atoms with Gasteiger partial charge in [0, 0.05) is 11.1 Å². The maximum Gasteiger partial charge on any atom is 0.405 e.